The molecule has 4 amide bonds. The van der Waals surface area contributed by atoms with Crippen LogP contribution < -0.4 is 10.2 Å². The SMILES string of the molecule is CCN(CC)c1ccc(/C=C2\C(=O)NC(=O)N(C3CCCCC3)C2=O)cc1. The van der Waals surface area contributed by atoms with Gasteiger partial charge < -0.3 is 4.90 Å². The fourth-order valence-corrected chi connectivity index (χ4v) is 3.88. The molecule has 2 fully saturated rings. The van der Waals surface area contributed by atoms with Crippen LogP contribution in [0, 0.1) is 0 Å². The summed E-state index contributed by atoms with van der Waals surface area (Å²) in [6, 6.07) is 7.04. The molecule has 6 heteroatoms. The predicted octanol–water partition coefficient (Wildman–Crippen LogP) is 3.33. The molecule has 1 aromatic carbocycles. The second-order valence-electron chi connectivity index (χ2n) is 7.05. The van der Waals surface area contributed by atoms with E-state index in [-0.39, 0.29) is 11.6 Å². The van der Waals surface area contributed by atoms with Gasteiger partial charge in [0.15, 0.2) is 0 Å². The summed E-state index contributed by atoms with van der Waals surface area (Å²) in [4.78, 5) is 40.9. The predicted molar refractivity (Wildman–Crippen MR) is 105 cm³/mol. The molecule has 0 bridgehead atoms. The van der Waals surface area contributed by atoms with E-state index in [2.05, 4.69) is 24.1 Å². The summed E-state index contributed by atoms with van der Waals surface area (Å²) >= 11 is 0. The van der Waals surface area contributed by atoms with Gasteiger partial charge in [-0.15, -0.1) is 0 Å². The van der Waals surface area contributed by atoms with E-state index in [1.807, 2.05) is 24.3 Å². The second-order valence-corrected chi connectivity index (χ2v) is 7.05. The van der Waals surface area contributed by atoms with Crippen LogP contribution in [-0.4, -0.2) is 41.9 Å². The lowest BCUT2D eigenvalue weighted by Crippen LogP contribution is -2.58. The number of carbonyl (C=O) groups excluding carboxylic acids is 3. The number of nitrogens with one attached hydrogen (secondary N) is 1. The van der Waals surface area contributed by atoms with Gasteiger partial charge in [0, 0.05) is 24.8 Å². The van der Waals surface area contributed by atoms with Crippen LogP contribution in [0.4, 0.5) is 10.5 Å². The molecule has 0 aromatic heterocycles. The van der Waals surface area contributed by atoms with Gasteiger partial charge >= 0.3 is 6.03 Å². The topological polar surface area (TPSA) is 69.7 Å². The van der Waals surface area contributed by atoms with Gasteiger partial charge in [0.1, 0.15) is 5.57 Å². The van der Waals surface area contributed by atoms with E-state index in [0.29, 0.717) is 0 Å². The molecule has 6 nitrogen and oxygen atoms in total. The minimum Gasteiger partial charge on any atom is -0.372 e. The maximum Gasteiger partial charge on any atom is 0.331 e. The van der Waals surface area contributed by atoms with Crippen molar-refractivity contribution in [3.8, 4) is 0 Å². The van der Waals surface area contributed by atoms with Crippen LogP contribution in [0.25, 0.3) is 6.08 Å². The molecule has 1 aromatic rings. The third-order valence-corrected chi connectivity index (χ3v) is 5.41. The number of barbiturate groups is 1. The van der Waals surface area contributed by atoms with Gasteiger partial charge in [0.2, 0.25) is 0 Å². The summed E-state index contributed by atoms with van der Waals surface area (Å²) in [6.45, 7) is 6.02. The standard InChI is InChI=1S/C21H27N3O3/c1-3-23(4-2)16-12-10-15(11-13-16)14-18-19(25)22-21(27)24(20(18)26)17-8-6-5-7-9-17/h10-14,17H,3-9H2,1-2H3,(H,22,25,27)/b18-14+. The lowest BCUT2D eigenvalue weighted by molar-refractivity contribution is -0.132. The van der Waals surface area contributed by atoms with Gasteiger partial charge in [-0.05, 0) is 50.5 Å². The fraction of sp³-hybridized carbons (Fsp3) is 0.476. The number of nitrogens with zero attached hydrogens (tertiary/aromatic N) is 2. The third-order valence-electron chi connectivity index (χ3n) is 5.41. The smallest absolute Gasteiger partial charge is 0.331 e. The molecule has 3 rings (SSSR count). The van der Waals surface area contributed by atoms with Gasteiger partial charge in [0.05, 0.1) is 0 Å². The first-order valence-electron chi connectivity index (χ1n) is 9.80. The van der Waals surface area contributed by atoms with Crippen molar-refractivity contribution in [2.24, 2.45) is 0 Å². The van der Waals surface area contributed by atoms with Crippen LogP contribution in [0.1, 0.15) is 51.5 Å². The van der Waals surface area contributed by atoms with Gasteiger partial charge in [-0.3, -0.25) is 19.8 Å². The zero-order valence-corrected chi connectivity index (χ0v) is 16.0. The van der Waals surface area contributed by atoms with Gasteiger partial charge in [-0.1, -0.05) is 31.4 Å². The highest BCUT2D eigenvalue weighted by Gasteiger charge is 2.40. The van der Waals surface area contributed by atoms with E-state index in [1.165, 1.54) is 4.90 Å². The van der Waals surface area contributed by atoms with Gasteiger partial charge in [-0.2, -0.15) is 0 Å². The summed E-state index contributed by atoms with van der Waals surface area (Å²) < 4.78 is 0. The number of benzene rings is 1. The highest BCUT2D eigenvalue weighted by Crippen LogP contribution is 2.26. The Labute approximate surface area is 160 Å². The number of amides is 4. The zero-order chi connectivity index (χ0) is 19.4. The maximum absolute atomic E-state index is 12.9. The van der Waals surface area contributed by atoms with Crippen molar-refractivity contribution in [3.05, 3.63) is 35.4 Å². The first kappa shape index (κ1) is 19.1. The first-order chi connectivity index (χ1) is 13.0. The molecule has 1 saturated carbocycles. The van der Waals surface area contributed by atoms with Gasteiger partial charge in [-0.25, -0.2) is 4.79 Å². The number of hydrogen-bond acceptors (Lipinski definition) is 4. The maximum atomic E-state index is 12.9. The molecule has 2 aliphatic rings. The molecule has 1 aliphatic heterocycles. The summed E-state index contributed by atoms with van der Waals surface area (Å²) in [7, 11) is 0. The van der Waals surface area contributed by atoms with Crippen molar-refractivity contribution >= 4 is 29.6 Å². The number of rotatable bonds is 5. The zero-order valence-electron chi connectivity index (χ0n) is 16.0. The number of urea groups is 1. The molecule has 0 radical (unpaired) electrons. The van der Waals surface area contributed by atoms with Crippen molar-refractivity contribution in [3.63, 3.8) is 0 Å². The number of imide groups is 2. The van der Waals surface area contributed by atoms with Crippen molar-refractivity contribution in [2.45, 2.75) is 52.0 Å². The third kappa shape index (κ3) is 4.04. The van der Waals surface area contributed by atoms with E-state index >= 15 is 0 Å². The normalized spacial score (nSPS) is 20.1. The Morgan fingerprint density at radius 1 is 1.04 bits per heavy atom. The summed E-state index contributed by atoms with van der Waals surface area (Å²) in [5.41, 5.74) is 1.89. The van der Waals surface area contributed by atoms with Crippen LogP contribution in [-0.2, 0) is 9.59 Å². The lowest BCUT2D eigenvalue weighted by Gasteiger charge is -2.35. The molecule has 144 valence electrons. The van der Waals surface area contributed by atoms with E-state index in [0.717, 1.165) is 56.4 Å². The molecule has 1 aliphatic carbocycles. The first-order valence-corrected chi connectivity index (χ1v) is 9.80. The molecule has 1 N–H and O–H groups in total. The van der Waals surface area contributed by atoms with Crippen molar-refractivity contribution in [2.75, 3.05) is 18.0 Å². The summed E-state index contributed by atoms with van der Waals surface area (Å²) in [5.74, 6) is -1.10. The number of anilines is 1. The molecule has 1 heterocycles. The Bertz CT molecular complexity index is 744. The Morgan fingerprint density at radius 2 is 1.67 bits per heavy atom. The average Bonchev–Trinajstić information content (AvgIpc) is 2.68. The quantitative estimate of drug-likeness (QED) is 0.638. The molecular weight excluding hydrogens is 342 g/mol. The fourth-order valence-electron chi connectivity index (χ4n) is 3.88. The van der Waals surface area contributed by atoms with E-state index in [9.17, 15) is 14.4 Å². The van der Waals surface area contributed by atoms with Crippen LogP contribution >= 0.6 is 0 Å². The lowest BCUT2D eigenvalue weighted by atomic mass is 9.93. The van der Waals surface area contributed by atoms with Crippen molar-refractivity contribution in [1.82, 2.24) is 10.2 Å². The van der Waals surface area contributed by atoms with Gasteiger partial charge in [0.25, 0.3) is 11.8 Å². The Balaban J connectivity index is 1.84. The Morgan fingerprint density at radius 3 is 2.26 bits per heavy atom. The Kier molecular flexibility index (Phi) is 5.94. The number of hydrogen-bond donors (Lipinski definition) is 1. The van der Waals surface area contributed by atoms with E-state index < -0.39 is 17.8 Å². The molecule has 0 unspecified atom stereocenters. The highest BCUT2D eigenvalue weighted by molar-refractivity contribution is 6.31. The minimum atomic E-state index is -0.620. The summed E-state index contributed by atoms with van der Waals surface area (Å²) in [6.07, 6.45) is 6.31. The molecule has 0 spiro atoms. The molecule has 1 saturated heterocycles. The average molecular weight is 369 g/mol. The molecule has 27 heavy (non-hydrogen) atoms. The monoisotopic (exact) mass is 369 g/mol. The summed E-state index contributed by atoms with van der Waals surface area (Å²) in [5, 5.41) is 2.33. The van der Waals surface area contributed by atoms with Crippen LogP contribution in [0.5, 0.6) is 0 Å². The van der Waals surface area contributed by atoms with Crippen molar-refractivity contribution < 1.29 is 14.4 Å². The highest BCUT2D eigenvalue weighted by atomic mass is 16.2. The Hall–Kier alpha value is -2.63. The second kappa shape index (κ2) is 8.37. The van der Waals surface area contributed by atoms with E-state index in [1.54, 1.807) is 6.08 Å². The van der Waals surface area contributed by atoms with E-state index in [4.69, 9.17) is 0 Å². The minimum absolute atomic E-state index is 0.0239. The van der Waals surface area contributed by atoms with Crippen LogP contribution in [0.2, 0.25) is 0 Å². The van der Waals surface area contributed by atoms with Crippen LogP contribution in [0.15, 0.2) is 29.8 Å². The van der Waals surface area contributed by atoms with Crippen molar-refractivity contribution in [1.29, 1.82) is 0 Å². The molecule has 0 atom stereocenters. The number of carbonyl (C=O) groups is 3. The van der Waals surface area contributed by atoms with Crippen LogP contribution in [0.3, 0.4) is 0 Å². The largest absolute Gasteiger partial charge is 0.372 e. The molecular formula is C21H27N3O3.